The van der Waals surface area contributed by atoms with Crippen LogP contribution in [0.15, 0.2) is 18.2 Å². The van der Waals surface area contributed by atoms with Crippen molar-refractivity contribution < 1.29 is 19.4 Å². The van der Waals surface area contributed by atoms with Crippen molar-refractivity contribution in [1.29, 1.82) is 0 Å². The van der Waals surface area contributed by atoms with Gasteiger partial charge in [-0.25, -0.2) is 0 Å². The van der Waals surface area contributed by atoms with Gasteiger partial charge in [0.25, 0.3) is 5.91 Å². The van der Waals surface area contributed by atoms with Crippen molar-refractivity contribution >= 4 is 11.9 Å². The highest BCUT2D eigenvalue weighted by molar-refractivity contribution is 5.94. The van der Waals surface area contributed by atoms with Crippen molar-refractivity contribution in [3.8, 4) is 0 Å². The molecule has 2 N–H and O–H groups in total. The summed E-state index contributed by atoms with van der Waals surface area (Å²) in [5, 5.41) is 11.9. The number of carboxylic acids is 1. The standard InChI is InChI=1S/C16H19NO4/c18-15(11-3-4-12-8-21-9-14(12)6-11)17-7-13(16(19)20)5-10-1-2-10/h3-4,6,10,13H,1-2,5,7-9H2,(H,17,18)(H,19,20). The number of carbonyl (C=O) groups is 2. The predicted molar refractivity (Wildman–Crippen MR) is 75.7 cm³/mol. The van der Waals surface area contributed by atoms with Crippen molar-refractivity contribution in [2.75, 3.05) is 6.54 Å². The van der Waals surface area contributed by atoms with E-state index in [1.54, 1.807) is 6.07 Å². The molecule has 2 aliphatic rings. The van der Waals surface area contributed by atoms with Crippen LogP contribution in [0.3, 0.4) is 0 Å². The van der Waals surface area contributed by atoms with E-state index in [1.807, 2.05) is 12.1 Å². The third-order valence-electron chi connectivity index (χ3n) is 4.16. The maximum atomic E-state index is 12.1. The summed E-state index contributed by atoms with van der Waals surface area (Å²) in [6, 6.07) is 5.49. The van der Waals surface area contributed by atoms with Crippen molar-refractivity contribution in [3.63, 3.8) is 0 Å². The second-order valence-corrected chi connectivity index (χ2v) is 5.90. The van der Waals surface area contributed by atoms with Crippen LogP contribution in [0.1, 0.15) is 40.7 Å². The van der Waals surface area contributed by atoms with Crippen LogP contribution in [0.5, 0.6) is 0 Å². The molecule has 1 unspecified atom stereocenters. The summed E-state index contributed by atoms with van der Waals surface area (Å²) >= 11 is 0. The Bertz CT molecular complexity index is 565. The molecule has 1 aliphatic heterocycles. The number of hydrogen-bond donors (Lipinski definition) is 2. The van der Waals surface area contributed by atoms with E-state index in [-0.39, 0.29) is 12.5 Å². The van der Waals surface area contributed by atoms with Gasteiger partial charge in [-0.05, 0) is 35.6 Å². The average molecular weight is 289 g/mol. The average Bonchev–Trinajstić information content (AvgIpc) is 3.16. The summed E-state index contributed by atoms with van der Waals surface area (Å²) in [4.78, 5) is 23.3. The highest BCUT2D eigenvalue weighted by atomic mass is 16.5. The van der Waals surface area contributed by atoms with E-state index in [9.17, 15) is 14.7 Å². The van der Waals surface area contributed by atoms with Crippen LogP contribution in [0.4, 0.5) is 0 Å². The maximum Gasteiger partial charge on any atom is 0.308 e. The van der Waals surface area contributed by atoms with E-state index < -0.39 is 11.9 Å². The zero-order valence-corrected chi connectivity index (χ0v) is 11.8. The zero-order chi connectivity index (χ0) is 14.8. The highest BCUT2D eigenvalue weighted by Crippen LogP contribution is 2.35. The van der Waals surface area contributed by atoms with Crippen LogP contribution in [-0.2, 0) is 22.7 Å². The molecule has 3 rings (SSSR count). The Morgan fingerprint density at radius 2 is 2.05 bits per heavy atom. The quantitative estimate of drug-likeness (QED) is 0.839. The van der Waals surface area contributed by atoms with Crippen LogP contribution in [0.25, 0.3) is 0 Å². The van der Waals surface area contributed by atoms with Gasteiger partial charge in [-0.1, -0.05) is 18.9 Å². The van der Waals surface area contributed by atoms with Crippen molar-refractivity contribution in [1.82, 2.24) is 5.32 Å². The smallest absolute Gasteiger partial charge is 0.308 e. The number of fused-ring (bicyclic) bond motifs is 1. The lowest BCUT2D eigenvalue weighted by molar-refractivity contribution is -0.141. The molecular weight excluding hydrogens is 270 g/mol. The largest absolute Gasteiger partial charge is 0.481 e. The van der Waals surface area contributed by atoms with Crippen LogP contribution in [0, 0.1) is 11.8 Å². The van der Waals surface area contributed by atoms with Crippen molar-refractivity contribution in [3.05, 3.63) is 34.9 Å². The number of aliphatic carboxylic acids is 1. The predicted octanol–water partition coefficient (Wildman–Crippen LogP) is 1.95. The van der Waals surface area contributed by atoms with Gasteiger partial charge in [-0.3, -0.25) is 9.59 Å². The van der Waals surface area contributed by atoms with E-state index >= 15 is 0 Å². The first kappa shape index (κ1) is 14.1. The fourth-order valence-corrected chi connectivity index (χ4v) is 2.66. The topological polar surface area (TPSA) is 75.6 Å². The number of carboxylic acid groups (broad SMARTS) is 1. The van der Waals surface area contributed by atoms with Gasteiger partial charge in [-0.2, -0.15) is 0 Å². The van der Waals surface area contributed by atoms with Crippen LogP contribution in [0.2, 0.25) is 0 Å². The van der Waals surface area contributed by atoms with Crippen LogP contribution >= 0.6 is 0 Å². The number of benzene rings is 1. The molecule has 0 aromatic heterocycles. The molecule has 1 aromatic rings. The molecule has 1 fully saturated rings. The molecule has 112 valence electrons. The summed E-state index contributed by atoms with van der Waals surface area (Å²) in [5.74, 6) is -1.00. The van der Waals surface area contributed by atoms with Gasteiger partial charge in [0.05, 0.1) is 19.1 Å². The van der Waals surface area contributed by atoms with Gasteiger partial charge >= 0.3 is 5.97 Å². The molecule has 0 spiro atoms. The van der Waals surface area contributed by atoms with Gasteiger partial charge in [0.1, 0.15) is 0 Å². The molecule has 1 heterocycles. The molecule has 1 aliphatic carbocycles. The lowest BCUT2D eigenvalue weighted by atomic mass is 10.0. The molecule has 5 heteroatoms. The Balaban J connectivity index is 1.58. The second-order valence-electron chi connectivity index (χ2n) is 5.90. The third kappa shape index (κ3) is 3.42. The van der Waals surface area contributed by atoms with Gasteiger partial charge in [0, 0.05) is 12.1 Å². The van der Waals surface area contributed by atoms with E-state index in [1.165, 1.54) is 0 Å². The number of hydrogen-bond acceptors (Lipinski definition) is 3. The monoisotopic (exact) mass is 289 g/mol. The zero-order valence-electron chi connectivity index (χ0n) is 11.8. The van der Waals surface area contributed by atoms with Gasteiger partial charge in [0.2, 0.25) is 0 Å². The van der Waals surface area contributed by atoms with E-state index in [4.69, 9.17) is 4.74 Å². The molecular formula is C16H19NO4. The van der Waals surface area contributed by atoms with E-state index in [0.29, 0.717) is 31.1 Å². The number of amides is 1. The lowest BCUT2D eigenvalue weighted by Gasteiger charge is -2.13. The molecule has 0 saturated heterocycles. The molecule has 1 amide bonds. The Morgan fingerprint density at radius 1 is 1.29 bits per heavy atom. The summed E-state index contributed by atoms with van der Waals surface area (Å²) < 4.78 is 5.32. The molecule has 0 bridgehead atoms. The minimum Gasteiger partial charge on any atom is -0.481 e. The number of ether oxygens (including phenoxy) is 1. The van der Waals surface area contributed by atoms with Crippen molar-refractivity contribution in [2.24, 2.45) is 11.8 Å². The first-order valence-electron chi connectivity index (χ1n) is 7.34. The highest BCUT2D eigenvalue weighted by Gasteiger charge is 2.29. The van der Waals surface area contributed by atoms with E-state index in [2.05, 4.69) is 5.32 Å². The summed E-state index contributed by atoms with van der Waals surface area (Å²) in [6.45, 7) is 1.33. The summed E-state index contributed by atoms with van der Waals surface area (Å²) in [6.07, 6.45) is 2.89. The second kappa shape index (κ2) is 5.85. The van der Waals surface area contributed by atoms with Crippen LogP contribution in [-0.4, -0.2) is 23.5 Å². The Morgan fingerprint density at radius 3 is 2.76 bits per heavy atom. The molecule has 1 saturated carbocycles. The first-order valence-corrected chi connectivity index (χ1v) is 7.34. The first-order chi connectivity index (χ1) is 10.1. The fraction of sp³-hybridized carbons (Fsp3) is 0.500. The number of nitrogens with one attached hydrogen (secondary N) is 1. The lowest BCUT2D eigenvalue weighted by Crippen LogP contribution is -2.33. The molecule has 5 nitrogen and oxygen atoms in total. The Hall–Kier alpha value is -1.88. The minimum absolute atomic E-state index is 0.193. The third-order valence-corrected chi connectivity index (χ3v) is 4.16. The number of carbonyl (C=O) groups excluding carboxylic acids is 1. The molecule has 21 heavy (non-hydrogen) atoms. The fourth-order valence-electron chi connectivity index (χ4n) is 2.66. The van der Waals surface area contributed by atoms with Gasteiger partial charge in [-0.15, -0.1) is 0 Å². The molecule has 1 aromatic carbocycles. The van der Waals surface area contributed by atoms with E-state index in [0.717, 1.165) is 24.0 Å². The Labute approximate surface area is 123 Å². The maximum absolute atomic E-state index is 12.1. The SMILES string of the molecule is O=C(NCC(CC1CC1)C(=O)O)c1ccc2c(c1)COC2. The number of rotatable bonds is 6. The minimum atomic E-state index is -0.829. The molecule has 1 atom stereocenters. The Kier molecular flexibility index (Phi) is 3.92. The molecule has 0 radical (unpaired) electrons. The van der Waals surface area contributed by atoms with Crippen LogP contribution < -0.4 is 5.32 Å². The summed E-state index contributed by atoms with van der Waals surface area (Å²) in [7, 11) is 0. The summed E-state index contributed by atoms with van der Waals surface area (Å²) in [5.41, 5.74) is 2.72. The van der Waals surface area contributed by atoms with Gasteiger partial charge < -0.3 is 15.2 Å². The van der Waals surface area contributed by atoms with Crippen molar-refractivity contribution in [2.45, 2.75) is 32.5 Å². The normalized spacial score (nSPS) is 18.1. The van der Waals surface area contributed by atoms with Gasteiger partial charge in [0.15, 0.2) is 0 Å².